The first-order chi connectivity index (χ1) is 12.8. The fourth-order valence-corrected chi connectivity index (χ4v) is 3.77. The number of hydrogen-bond donors (Lipinski definition) is 3. The lowest BCUT2D eigenvalue weighted by Gasteiger charge is -2.26. The van der Waals surface area contributed by atoms with Crippen molar-refractivity contribution in [1.29, 1.82) is 0 Å². The first-order valence-corrected chi connectivity index (χ1v) is 9.39. The van der Waals surface area contributed by atoms with Crippen LogP contribution in [0.15, 0.2) is 42.5 Å². The number of anilines is 1. The topological polar surface area (TPSA) is 91.3 Å². The number of amides is 2. The molecule has 3 rings (SSSR count). The molecule has 1 aromatic heterocycles. The van der Waals surface area contributed by atoms with Crippen molar-refractivity contribution < 1.29 is 14.7 Å². The molecule has 0 fully saturated rings. The summed E-state index contributed by atoms with van der Waals surface area (Å²) in [7, 11) is 0. The molecule has 6 nitrogen and oxygen atoms in total. The number of urea groups is 1. The Labute approximate surface area is 165 Å². The predicted octanol–water partition coefficient (Wildman–Crippen LogP) is 4.47. The average molecular weight is 404 g/mol. The lowest BCUT2D eigenvalue weighted by Crippen LogP contribution is -2.55. The first-order valence-electron chi connectivity index (χ1n) is 8.20. The highest BCUT2D eigenvalue weighted by Crippen LogP contribution is 2.28. The van der Waals surface area contributed by atoms with Gasteiger partial charge < -0.3 is 10.4 Å². The monoisotopic (exact) mass is 403 g/mol. The number of rotatable bonds is 5. The second-order valence-corrected chi connectivity index (χ2v) is 7.93. The van der Waals surface area contributed by atoms with Crippen LogP contribution in [0.3, 0.4) is 0 Å². The zero-order chi connectivity index (χ0) is 19.6. The minimum Gasteiger partial charge on any atom is -0.480 e. The molecule has 0 spiro atoms. The maximum absolute atomic E-state index is 12.4. The van der Waals surface area contributed by atoms with E-state index in [-0.39, 0.29) is 6.42 Å². The predicted molar refractivity (Wildman–Crippen MR) is 108 cm³/mol. The summed E-state index contributed by atoms with van der Waals surface area (Å²) in [6, 6.07) is 12.0. The van der Waals surface area contributed by atoms with Crippen LogP contribution in [0.2, 0.25) is 5.02 Å². The van der Waals surface area contributed by atoms with Crippen LogP contribution < -0.4 is 10.6 Å². The standard InChI is InChI=1S/C19H18ClN3O3S/c1-11-4-3-5-14-15(11)21-18(27-14)22-17(26)23-19(2,16(24)25)10-12-6-8-13(20)9-7-12/h3-9H,10H2,1-2H3,(H,24,25)(H2,21,22,23,26). The summed E-state index contributed by atoms with van der Waals surface area (Å²) in [6.07, 6.45) is 0.117. The number of carboxylic acids is 1. The van der Waals surface area contributed by atoms with Crippen LogP contribution >= 0.6 is 22.9 Å². The van der Waals surface area contributed by atoms with E-state index >= 15 is 0 Å². The fraction of sp³-hybridized carbons (Fsp3) is 0.211. The number of carbonyl (C=O) groups is 2. The van der Waals surface area contributed by atoms with Gasteiger partial charge in [0.2, 0.25) is 0 Å². The second kappa shape index (κ2) is 7.54. The third-order valence-corrected chi connectivity index (χ3v) is 5.36. The molecule has 3 aromatic rings. The molecule has 1 unspecified atom stereocenters. The molecule has 1 atom stereocenters. The van der Waals surface area contributed by atoms with Crippen molar-refractivity contribution in [3.63, 3.8) is 0 Å². The molecule has 0 aliphatic heterocycles. The van der Waals surface area contributed by atoms with Gasteiger partial charge in [-0.05, 0) is 43.2 Å². The molecule has 1 heterocycles. The minimum atomic E-state index is -1.48. The molecule has 3 N–H and O–H groups in total. The van der Waals surface area contributed by atoms with Crippen molar-refractivity contribution in [1.82, 2.24) is 10.3 Å². The van der Waals surface area contributed by atoms with E-state index in [2.05, 4.69) is 15.6 Å². The highest BCUT2D eigenvalue weighted by Gasteiger charge is 2.35. The van der Waals surface area contributed by atoms with Gasteiger partial charge in [-0.1, -0.05) is 47.2 Å². The number of aryl methyl sites for hydroxylation is 1. The zero-order valence-electron chi connectivity index (χ0n) is 14.7. The third kappa shape index (κ3) is 4.37. The van der Waals surface area contributed by atoms with Crippen molar-refractivity contribution in [3.05, 3.63) is 58.6 Å². The Morgan fingerprint density at radius 1 is 1.22 bits per heavy atom. The van der Waals surface area contributed by atoms with Gasteiger partial charge in [-0.25, -0.2) is 14.6 Å². The Morgan fingerprint density at radius 2 is 1.93 bits per heavy atom. The van der Waals surface area contributed by atoms with E-state index in [1.165, 1.54) is 18.3 Å². The lowest BCUT2D eigenvalue weighted by atomic mass is 9.93. The van der Waals surface area contributed by atoms with Gasteiger partial charge in [0.05, 0.1) is 10.2 Å². The van der Waals surface area contributed by atoms with Gasteiger partial charge in [0.1, 0.15) is 5.54 Å². The third-order valence-electron chi connectivity index (χ3n) is 4.17. The molecule has 0 bridgehead atoms. The smallest absolute Gasteiger partial charge is 0.329 e. The number of carboxylic acid groups (broad SMARTS) is 1. The lowest BCUT2D eigenvalue weighted by molar-refractivity contribution is -0.143. The molecule has 27 heavy (non-hydrogen) atoms. The van der Waals surface area contributed by atoms with Crippen LogP contribution in [0, 0.1) is 6.92 Å². The number of aromatic nitrogens is 1. The number of hydrogen-bond acceptors (Lipinski definition) is 4. The van der Waals surface area contributed by atoms with Crippen LogP contribution in [0.25, 0.3) is 10.2 Å². The molecule has 0 saturated carbocycles. The van der Waals surface area contributed by atoms with Gasteiger partial charge in [0, 0.05) is 11.4 Å². The normalized spacial score (nSPS) is 13.1. The Morgan fingerprint density at radius 3 is 2.56 bits per heavy atom. The van der Waals surface area contributed by atoms with Crippen LogP contribution in [0.1, 0.15) is 18.1 Å². The molecule has 2 amide bonds. The van der Waals surface area contributed by atoms with Gasteiger partial charge in [0.25, 0.3) is 0 Å². The number of aliphatic carboxylic acids is 1. The molecular weight excluding hydrogens is 386 g/mol. The van der Waals surface area contributed by atoms with Gasteiger partial charge in [-0.2, -0.15) is 0 Å². The number of halogens is 1. The van der Waals surface area contributed by atoms with E-state index in [0.29, 0.717) is 10.2 Å². The summed E-state index contributed by atoms with van der Waals surface area (Å²) in [5.74, 6) is -1.13. The maximum Gasteiger partial charge on any atom is 0.329 e. The number of carbonyl (C=O) groups excluding carboxylic acids is 1. The number of fused-ring (bicyclic) bond motifs is 1. The molecule has 0 aliphatic carbocycles. The summed E-state index contributed by atoms with van der Waals surface area (Å²) >= 11 is 7.20. The van der Waals surface area contributed by atoms with Gasteiger partial charge in [0.15, 0.2) is 5.13 Å². The number of nitrogens with zero attached hydrogens (tertiary/aromatic N) is 1. The molecule has 2 aromatic carbocycles. The quantitative estimate of drug-likeness (QED) is 0.586. The van der Waals surface area contributed by atoms with Crippen LogP contribution in [-0.4, -0.2) is 27.6 Å². The highest BCUT2D eigenvalue weighted by molar-refractivity contribution is 7.22. The van der Waals surface area contributed by atoms with Gasteiger partial charge in [-0.15, -0.1) is 0 Å². The Balaban J connectivity index is 1.75. The van der Waals surface area contributed by atoms with Crippen LogP contribution in [0.4, 0.5) is 9.93 Å². The molecule has 0 saturated heterocycles. The number of para-hydroxylation sites is 1. The summed E-state index contributed by atoms with van der Waals surface area (Å²) in [5.41, 5.74) is 1.10. The van der Waals surface area contributed by atoms with Crippen molar-refractivity contribution in [3.8, 4) is 0 Å². The first kappa shape index (κ1) is 19.1. The zero-order valence-corrected chi connectivity index (χ0v) is 16.3. The summed E-state index contributed by atoms with van der Waals surface area (Å²) in [5, 5.41) is 15.8. The maximum atomic E-state index is 12.4. The van der Waals surface area contributed by atoms with E-state index in [1.54, 1.807) is 24.3 Å². The van der Waals surface area contributed by atoms with Crippen LogP contribution in [0.5, 0.6) is 0 Å². The summed E-state index contributed by atoms with van der Waals surface area (Å²) in [4.78, 5) is 28.6. The molecule has 0 radical (unpaired) electrons. The van der Waals surface area contributed by atoms with E-state index in [1.807, 2.05) is 25.1 Å². The number of benzene rings is 2. The molecule has 140 valence electrons. The Hall–Kier alpha value is -2.64. The SMILES string of the molecule is Cc1cccc2sc(NC(=O)NC(C)(Cc3ccc(Cl)cc3)C(=O)O)nc12. The molecule has 8 heteroatoms. The van der Waals surface area contributed by atoms with Crippen molar-refractivity contribution in [2.24, 2.45) is 0 Å². The fourth-order valence-electron chi connectivity index (χ4n) is 2.70. The van der Waals surface area contributed by atoms with Gasteiger partial charge in [-0.3, -0.25) is 5.32 Å². The number of nitrogens with one attached hydrogen (secondary N) is 2. The van der Waals surface area contributed by atoms with Gasteiger partial charge >= 0.3 is 12.0 Å². The van der Waals surface area contributed by atoms with E-state index in [4.69, 9.17) is 11.6 Å². The van der Waals surface area contributed by atoms with Crippen molar-refractivity contribution in [2.75, 3.05) is 5.32 Å². The number of thiazole rings is 1. The van der Waals surface area contributed by atoms with E-state index < -0.39 is 17.5 Å². The summed E-state index contributed by atoms with van der Waals surface area (Å²) < 4.78 is 0.951. The molecular formula is C19H18ClN3O3S. The largest absolute Gasteiger partial charge is 0.480 e. The Bertz CT molecular complexity index is 1000. The van der Waals surface area contributed by atoms with Crippen molar-refractivity contribution >= 4 is 50.3 Å². The average Bonchev–Trinajstić information content (AvgIpc) is 3.00. The van der Waals surface area contributed by atoms with E-state index in [9.17, 15) is 14.7 Å². The summed E-state index contributed by atoms with van der Waals surface area (Å²) in [6.45, 7) is 3.41. The molecule has 0 aliphatic rings. The Kier molecular flexibility index (Phi) is 5.34. The minimum absolute atomic E-state index is 0.117. The highest BCUT2D eigenvalue weighted by atomic mass is 35.5. The van der Waals surface area contributed by atoms with Crippen LogP contribution in [-0.2, 0) is 11.2 Å². The second-order valence-electron chi connectivity index (χ2n) is 6.46. The van der Waals surface area contributed by atoms with E-state index in [0.717, 1.165) is 21.3 Å². The van der Waals surface area contributed by atoms with Crippen molar-refractivity contribution in [2.45, 2.75) is 25.8 Å².